The number of hydrogen-bond acceptors (Lipinski definition) is 3. The summed E-state index contributed by atoms with van der Waals surface area (Å²) >= 11 is 0. The highest BCUT2D eigenvalue weighted by Gasteiger charge is 1.81. The van der Waals surface area contributed by atoms with Crippen LogP contribution in [0.1, 0.15) is 0 Å². The molecule has 7 heavy (non-hydrogen) atoms. The molecule has 4 N–H and O–H groups in total. The minimum atomic E-state index is -4.17. The van der Waals surface area contributed by atoms with Gasteiger partial charge in [0.2, 0.25) is 0 Å². The van der Waals surface area contributed by atoms with Crippen LogP contribution in [0.4, 0.5) is 0 Å². The van der Waals surface area contributed by atoms with Gasteiger partial charge >= 0.3 is 10.3 Å². The Morgan fingerprint density at radius 3 is 1.57 bits per heavy atom. The summed E-state index contributed by atoms with van der Waals surface area (Å²) in [5, 5.41) is 9.38. The Hall–Kier alpha value is -0.460. The molecule has 0 atom stereocenters. The summed E-state index contributed by atoms with van der Waals surface area (Å²) in [6.45, 7) is 2.50. The van der Waals surface area contributed by atoms with Gasteiger partial charge in [-0.2, -0.15) is 8.42 Å². The fourth-order valence-corrected chi connectivity index (χ4v) is 0. The number of nitrogens with one attached hydrogen (secondary N) is 1. The van der Waals surface area contributed by atoms with Gasteiger partial charge in [0.05, 0.1) is 0 Å². The fraction of sp³-hybridized carbons (Fsp3) is 0. The van der Waals surface area contributed by atoms with Crippen LogP contribution in [-0.4, -0.2) is 19.7 Å². The van der Waals surface area contributed by atoms with Gasteiger partial charge in [-0.25, -0.2) is 5.14 Å². The smallest absolute Gasteiger partial charge is 0.317 e. The van der Waals surface area contributed by atoms with Crippen LogP contribution in [0.5, 0.6) is 0 Å². The summed E-state index contributed by atoms with van der Waals surface area (Å²) in [5.74, 6) is 0. The van der Waals surface area contributed by atoms with Crippen molar-refractivity contribution in [2.75, 3.05) is 0 Å². The van der Waals surface area contributed by atoms with Crippen molar-refractivity contribution in [2.24, 2.45) is 5.14 Å². The molecule has 0 bridgehead atoms. The first-order valence-corrected chi connectivity index (χ1v) is 2.61. The molecule has 5 nitrogen and oxygen atoms in total. The van der Waals surface area contributed by atoms with Gasteiger partial charge in [0.1, 0.15) is 0 Å². The SMILES string of the molecule is C=N.NS(=O)(=O)O. The summed E-state index contributed by atoms with van der Waals surface area (Å²) in [4.78, 5) is 0. The first kappa shape index (κ1) is 9.74. The van der Waals surface area contributed by atoms with Gasteiger partial charge in [-0.1, -0.05) is 0 Å². The second-order valence-electron chi connectivity index (χ2n) is 0.515. The first-order chi connectivity index (χ1) is 3.00. The quantitative estimate of drug-likeness (QED) is 0.287. The van der Waals surface area contributed by atoms with E-state index < -0.39 is 10.3 Å². The molecule has 0 saturated heterocycles. The largest absolute Gasteiger partial charge is 0.330 e. The van der Waals surface area contributed by atoms with Gasteiger partial charge in [0.15, 0.2) is 0 Å². The van der Waals surface area contributed by atoms with Crippen molar-refractivity contribution in [1.29, 1.82) is 5.41 Å². The minimum Gasteiger partial charge on any atom is -0.317 e. The molecule has 0 saturated carbocycles. The Labute approximate surface area is 41.5 Å². The monoisotopic (exact) mass is 126 g/mol. The second kappa shape index (κ2) is 3.72. The van der Waals surface area contributed by atoms with Gasteiger partial charge in [0.25, 0.3) is 0 Å². The Bertz CT molecular complexity index is 107. The molecule has 0 unspecified atom stereocenters. The van der Waals surface area contributed by atoms with Crippen LogP contribution >= 0.6 is 0 Å². The molecule has 0 spiro atoms. The average molecular weight is 126 g/mol. The molecule has 0 heterocycles. The highest BCUT2D eigenvalue weighted by molar-refractivity contribution is 7.83. The van der Waals surface area contributed by atoms with Crippen molar-refractivity contribution < 1.29 is 13.0 Å². The van der Waals surface area contributed by atoms with Crippen LogP contribution in [0.15, 0.2) is 0 Å². The average Bonchev–Trinajstić information content (AvgIpc) is 1.36. The molecule has 0 aromatic rings. The van der Waals surface area contributed by atoms with Crippen LogP contribution in [0.2, 0.25) is 0 Å². The molecule has 0 fully saturated rings. The predicted molar refractivity (Wildman–Crippen MR) is 25.6 cm³/mol. The van der Waals surface area contributed by atoms with E-state index in [2.05, 4.69) is 11.9 Å². The van der Waals surface area contributed by atoms with Crippen LogP contribution < -0.4 is 5.14 Å². The van der Waals surface area contributed by atoms with Crippen molar-refractivity contribution in [3.05, 3.63) is 0 Å². The third-order valence-electron chi connectivity index (χ3n) is 0. The lowest BCUT2D eigenvalue weighted by Gasteiger charge is -1.70. The lowest BCUT2D eigenvalue weighted by molar-refractivity contribution is 0.485. The lowest BCUT2D eigenvalue weighted by atomic mass is 11.8. The van der Waals surface area contributed by atoms with E-state index in [1.165, 1.54) is 0 Å². The summed E-state index contributed by atoms with van der Waals surface area (Å²) in [5.41, 5.74) is 0. The normalized spacial score (nSPS) is 8.86. The van der Waals surface area contributed by atoms with Gasteiger partial charge in [-0.15, -0.1) is 0 Å². The molecule has 44 valence electrons. The number of hydrogen-bond donors (Lipinski definition) is 3. The molecule has 0 aliphatic rings. The molecular formula is CH6N2O3S. The summed E-state index contributed by atoms with van der Waals surface area (Å²) in [7, 11) is -4.17. The topological polar surface area (TPSA) is 104 Å². The summed E-state index contributed by atoms with van der Waals surface area (Å²) in [6.07, 6.45) is 0. The van der Waals surface area contributed by atoms with Crippen molar-refractivity contribution >= 4 is 17.0 Å². The Morgan fingerprint density at radius 1 is 1.57 bits per heavy atom. The summed E-state index contributed by atoms with van der Waals surface area (Å²) in [6, 6.07) is 0. The Balaban J connectivity index is 0. The van der Waals surface area contributed by atoms with Crippen molar-refractivity contribution in [3.8, 4) is 0 Å². The standard InChI is InChI=1S/CH3N.H3NO3S/c1-2;1-5(2,3)4/h2H,1H2;(H3,1,2,3,4). The predicted octanol–water partition coefficient (Wildman–Crippen LogP) is -0.986. The van der Waals surface area contributed by atoms with Crippen LogP contribution in [0, 0.1) is 5.41 Å². The zero-order chi connectivity index (χ0) is 6.50. The van der Waals surface area contributed by atoms with E-state index in [1.54, 1.807) is 0 Å². The fourth-order valence-electron chi connectivity index (χ4n) is 0. The Kier molecular flexibility index (Phi) is 5.18. The van der Waals surface area contributed by atoms with Crippen LogP contribution in [0.25, 0.3) is 0 Å². The van der Waals surface area contributed by atoms with E-state index in [4.69, 9.17) is 18.4 Å². The van der Waals surface area contributed by atoms with E-state index in [0.717, 1.165) is 0 Å². The van der Waals surface area contributed by atoms with Gasteiger partial charge in [-0.05, 0) is 6.72 Å². The highest BCUT2D eigenvalue weighted by Crippen LogP contribution is 1.50. The molecule has 0 aromatic heterocycles. The maximum absolute atomic E-state index is 8.97. The molecule has 6 heteroatoms. The maximum Gasteiger partial charge on any atom is 0.330 e. The molecule has 0 aliphatic carbocycles. The molecule has 0 aliphatic heterocycles. The first-order valence-electron chi connectivity index (χ1n) is 1.11. The third kappa shape index (κ3) is 328. The molecule has 0 radical (unpaired) electrons. The van der Waals surface area contributed by atoms with E-state index >= 15 is 0 Å². The van der Waals surface area contributed by atoms with E-state index in [1.807, 2.05) is 0 Å². The maximum atomic E-state index is 8.97. The van der Waals surface area contributed by atoms with E-state index in [0.29, 0.717) is 0 Å². The van der Waals surface area contributed by atoms with Crippen molar-refractivity contribution in [1.82, 2.24) is 0 Å². The molecule has 0 rings (SSSR count). The minimum absolute atomic E-state index is 2.50. The van der Waals surface area contributed by atoms with E-state index in [9.17, 15) is 0 Å². The Morgan fingerprint density at radius 2 is 1.57 bits per heavy atom. The second-order valence-corrected chi connectivity index (χ2v) is 1.54. The van der Waals surface area contributed by atoms with Gasteiger partial charge in [0, 0.05) is 0 Å². The summed E-state index contributed by atoms with van der Waals surface area (Å²) < 4.78 is 25.2. The van der Waals surface area contributed by atoms with Crippen molar-refractivity contribution in [2.45, 2.75) is 0 Å². The van der Waals surface area contributed by atoms with Crippen molar-refractivity contribution in [3.63, 3.8) is 0 Å². The highest BCUT2D eigenvalue weighted by atomic mass is 32.2. The van der Waals surface area contributed by atoms with E-state index in [-0.39, 0.29) is 0 Å². The number of nitrogens with two attached hydrogens (primary N) is 1. The van der Waals surface area contributed by atoms with Gasteiger partial charge < -0.3 is 5.41 Å². The zero-order valence-corrected chi connectivity index (χ0v) is 4.27. The lowest BCUT2D eigenvalue weighted by Crippen LogP contribution is -2.08. The van der Waals surface area contributed by atoms with Gasteiger partial charge in [-0.3, -0.25) is 4.55 Å². The van der Waals surface area contributed by atoms with Crippen LogP contribution in [0.3, 0.4) is 0 Å². The zero-order valence-electron chi connectivity index (χ0n) is 3.46. The third-order valence-corrected chi connectivity index (χ3v) is 0. The van der Waals surface area contributed by atoms with Crippen LogP contribution in [-0.2, 0) is 10.3 Å². The molecular weight excluding hydrogens is 120 g/mol. The molecule has 0 aromatic carbocycles. The molecule has 0 amide bonds. The number of rotatable bonds is 0.